The van der Waals surface area contributed by atoms with Crippen LogP contribution >= 0.6 is 0 Å². The highest BCUT2D eigenvalue weighted by molar-refractivity contribution is 5.93. The van der Waals surface area contributed by atoms with E-state index in [2.05, 4.69) is 10.6 Å². The first kappa shape index (κ1) is 16.0. The predicted molar refractivity (Wildman–Crippen MR) is 89.9 cm³/mol. The third-order valence-corrected chi connectivity index (χ3v) is 4.23. The van der Waals surface area contributed by atoms with Crippen molar-refractivity contribution in [2.75, 3.05) is 0 Å². The molecule has 3 rings (SSSR count). The van der Waals surface area contributed by atoms with Gasteiger partial charge in [0.05, 0.1) is 0 Å². The van der Waals surface area contributed by atoms with Gasteiger partial charge in [0.15, 0.2) is 0 Å². The molecule has 0 unspecified atom stereocenters. The summed E-state index contributed by atoms with van der Waals surface area (Å²) in [5, 5.41) is 7.40. The average molecular weight is 325 g/mol. The van der Waals surface area contributed by atoms with E-state index in [4.69, 9.17) is 5.73 Å². The number of amides is 3. The Kier molecular flexibility index (Phi) is 4.46. The van der Waals surface area contributed by atoms with E-state index in [9.17, 15) is 14.4 Å². The summed E-state index contributed by atoms with van der Waals surface area (Å²) in [5.41, 5.74) is 6.34. The van der Waals surface area contributed by atoms with Crippen molar-refractivity contribution in [2.45, 2.75) is 31.3 Å². The van der Waals surface area contributed by atoms with Gasteiger partial charge in [-0.1, -0.05) is 42.5 Å². The number of carbonyl (C=O) groups excluding carboxylic acids is 3. The summed E-state index contributed by atoms with van der Waals surface area (Å²) in [4.78, 5) is 35.1. The Hall–Kier alpha value is -2.89. The Morgan fingerprint density at radius 2 is 1.96 bits per heavy atom. The quantitative estimate of drug-likeness (QED) is 0.751. The summed E-state index contributed by atoms with van der Waals surface area (Å²) in [6.07, 6.45) is 1.07. The second kappa shape index (κ2) is 6.70. The van der Waals surface area contributed by atoms with Crippen molar-refractivity contribution in [1.82, 2.24) is 10.6 Å². The van der Waals surface area contributed by atoms with Crippen LogP contribution in [0.5, 0.6) is 0 Å². The number of nitrogens with one attached hydrogen (secondary N) is 2. The van der Waals surface area contributed by atoms with Crippen molar-refractivity contribution in [3.05, 3.63) is 48.0 Å². The number of hydrogen-bond donors (Lipinski definition) is 3. The SMILES string of the molecule is NC(=O)[C@@H](Cc1ccc2ccccc2c1)NC(=O)[C@@H]1CCC(=O)N1. The van der Waals surface area contributed by atoms with Crippen molar-refractivity contribution >= 4 is 28.5 Å². The number of rotatable bonds is 5. The smallest absolute Gasteiger partial charge is 0.243 e. The highest BCUT2D eigenvalue weighted by atomic mass is 16.2. The molecule has 4 N–H and O–H groups in total. The molecule has 0 bridgehead atoms. The Morgan fingerprint density at radius 3 is 2.62 bits per heavy atom. The lowest BCUT2D eigenvalue weighted by molar-refractivity contribution is -0.129. The Balaban J connectivity index is 1.72. The van der Waals surface area contributed by atoms with Gasteiger partial charge in [0.25, 0.3) is 0 Å². The molecule has 0 spiro atoms. The normalized spacial score (nSPS) is 18.2. The first-order valence-electron chi connectivity index (χ1n) is 7.89. The van der Waals surface area contributed by atoms with E-state index in [0.717, 1.165) is 16.3 Å². The van der Waals surface area contributed by atoms with Gasteiger partial charge in [0, 0.05) is 12.8 Å². The minimum Gasteiger partial charge on any atom is -0.368 e. The van der Waals surface area contributed by atoms with Gasteiger partial charge in [0.2, 0.25) is 17.7 Å². The fourth-order valence-corrected chi connectivity index (χ4v) is 2.91. The van der Waals surface area contributed by atoms with Gasteiger partial charge in [-0.15, -0.1) is 0 Å². The number of nitrogens with two attached hydrogens (primary N) is 1. The van der Waals surface area contributed by atoms with Crippen LogP contribution in [0.2, 0.25) is 0 Å². The van der Waals surface area contributed by atoms with Crippen molar-refractivity contribution in [1.29, 1.82) is 0 Å². The molecule has 6 nitrogen and oxygen atoms in total. The lowest BCUT2D eigenvalue weighted by Gasteiger charge is -2.18. The summed E-state index contributed by atoms with van der Waals surface area (Å²) in [6, 6.07) is 12.4. The Labute approximate surface area is 139 Å². The van der Waals surface area contributed by atoms with Gasteiger partial charge in [-0.3, -0.25) is 14.4 Å². The molecule has 6 heteroatoms. The van der Waals surface area contributed by atoms with Gasteiger partial charge in [-0.25, -0.2) is 0 Å². The first-order chi connectivity index (χ1) is 11.5. The van der Waals surface area contributed by atoms with Crippen molar-refractivity contribution < 1.29 is 14.4 Å². The number of primary amides is 1. The van der Waals surface area contributed by atoms with Crippen LogP contribution in [-0.4, -0.2) is 29.8 Å². The third-order valence-electron chi connectivity index (χ3n) is 4.23. The fraction of sp³-hybridized carbons (Fsp3) is 0.278. The van der Waals surface area contributed by atoms with E-state index < -0.39 is 18.0 Å². The van der Waals surface area contributed by atoms with Crippen LogP contribution in [0, 0.1) is 0 Å². The minimum absolute atomic E-state index is 0.152. The molecule has 1 fully saturated rings. The molecule has 1 heterocycles. The molecule has 2 atom stereocenters. The van der Waals surface area contributed by atoms with Gasteiger partial charge in [0.1, 0.15) is 12.1 Å². The van der Waals surface area contributed by atoms with E-state index in [1.807, 2.05) is 42.5 Å². The van der Waals surface area contributed by atoms with Crippen LogP contribution in [0.4, 0.5) is 0 Å². The molecule has 2 aromatic carbocycles. The standard InChI is InChI=1S/C18H19N3O3/c19-17(23)15(21-18(24)14-7-8-16(22)20-14)10-11-5-6-12-3-1-2-4-13(12)9-11/h1-6,9,14-15H,7-8,10H2,(H2,19,23)(H,20,22)(H,21,24)/t14-,15+/m0/s1. The van der Waals surface area contributed by atoms with Gasteiger partial charge < -0.3 is 16.4 Å². The summed E-state index contributed by atoms with van der Waals surface area (Å²) in [5.74, 6) is -1.12. The minimum atomic E-state index is -0.809. The van der Waals surface area contributed by atoms with Gasteiger partial charge in [-0.05, 0) is 22.8 Å². The molecule has 24 heavy (non-hydrogen) atoms. The van der Waals surface area contributed by atoms with Crippen LogP contribution < -0.4 is 16.4 Å². The summed E-state index contributed by atoms with van der Waals surface area (Å²) >= 11 is 0. The molecule has 0 radical (unpaired) electrons. The second-order valence-corrected chi connectivity index (χ2v) is 6.01. The highest BCUT2D eigenvalue weighted by Crippen LogP contribution is 2.17. The Morgan fingerprint density at radius 1 is 1.21 bits per heavy atom. The number of carbonyl (C=O) groups is 3. The van der Waals surface area contributed by atoms with E-state index in [-0.39, 0.29) is 11.8 Å². The fourth-order valence-electron chi connectivity index (χ4n) is 2.91. The van der Waals surface area contributed by atoms with E-state index in [0.29, 0.717) is 19.3 Å². The van der Waals surface area contributed by atoms with Crippen molar-refractivity contribution in [2.24, 2.45) is 5.73 Å². The van der Waals surface area contributed by atoms with Crippen LogP contribution in [0.1, 0.15) is 18.4 Å². The van der Waals surface area contributed by atoms with Crippen LogP contribution in [0.25, 0.3) is 10.8 Å². The van der Waals surface area contributed by atoms with Crippen LogP contribution in [0.15, 0.2) is 42.5 Å². The van der Waals surface area contributed by atoms with Gasteiger partial charge in [-0.2, -0.15) is 0 Å². The second-order valence-electron chi connectivity index (χ2n) is 6.01. The molecule has 3 amide bonds. The van der Waals surface area contributed by atoms with Gasteiger partial charge >= 0.3 is 0 Å². The molecule has 1 saturated heterocycles. The van der Waals surface area contributed by atoms with E-state index in [1.54, 1.807) is 0 Å². The number of hydrogen-bond acceptors (Lipinski definition) is 3. The molecule has 0 saturated carbocycles. The molecular weight excluding hydrogens is 306 g/mol. The van der Waals surface area contributed by atoms with Crippen molar-refractivity contribution in [3.8, 4) is 0 Å². The summed E-state index contributed by atoms with van der Waals surface area (Å²) in [6.45, 7) is 0. The summed E-state index contributed by atoms with van der Waals surface area (Å²) in [7, 11) is 0. The maximum atomic E-state index is 12.2. The number of benzene rings is 2. The zero-order chi connectivity index (χ0) is 17.1. The van der Waals surface area contributed by atoms with E-state index in [1.165, 1.54) is 0 Å². The highest BCUT2D eigenvalue weighted by Gasteiger charge is 2.29. The molecule has 0 aliphatic carbocycles. The lowest BCUT2D eigenvalue weighted by Crippen LogP contribution is -2.51. The monoisotopic (exact) mass is 325 g/mol. The molecule has 1 aliphatic rings. The lowest BCUT2D eigenvalue weighted by atomic mass is 10.0. The topological polar surface area (TPSA) is 101 Å². The summed E-state index contributed by atoms with van der Waals surface area (Å²) < 4.78 is 0. The predicted octanol–water partition coefficient (Wildman–Crippen LogP) is 0.631. The molecule has 2 aromatic rings. The first-order valence-corrected chi connectivity index (χ1v) is 7.89. The van der Waals surface area contributed by atoms with Crippen LogP contribution in [0.3, 0.4) is 0 Å². The zero-order valence-electron chi connectivity index (χ0n) is 13.1. The maximum absolute atomic E-state index is 12.2. The molecule has 1 aliphatic heterocycles. The maximum Gasteiger partial charge on any atom is 0.243 e. The third kappa shape index (κ3) is 3.53. The van der Waals surface area contributed by atoms with E-state index >= 15 is 0 Å². The largest absolute Gasteiger partial charge is 0.368 e. The van der Waals surface area contributed by atoms with Crippen molar-refractivity contribution in [3.63, 3.8) is 0 Å². The number of fused-ring (bicyclic) bond motifs is 1. The Bertz CT molecular complexity index is 803. The molecule has 124 valence electrons. The zero-order valence-corrected chi connectivity index (χ0v) is 13.1. The molecular formula is C18H19N3O3. The van der Waals surface area contributed by atoms with Crippen LogP contribution in [-0.2, 0) is 20.8 Å². The molecule has 0 aromatic heterocycles. The average Bonchev–Trinajstić information content (AvgIpc) is 3.00.